The van der Waals surface area contributed by atoms with Crippen molar-refractivity contribution in [3.05, 3.63) is 10.9 Å². The first-order valence-electron chi connectivity index (χ1n) is 2.50. The Bertz CT molecular complexity index is 148. The Morgan fingerprint density at radius 3 is 1.18 bits per heavy atom. The van der Waals surface area contributed by atoms with E-state index in [0.29, 0.717) is 4.82 Å². The second-order valence-corrected chi connectivity index (χ2v) is 19.0. The number of rotatable bonds is 2. The summed E-state index contributed by atoms with van der Waals surface area (Å²) in [6.07, 6.45) is 1.58. The van der Waals surface area contributed by atoms with Gasteiger partial charge in [0.05, 0.1) is 0 Å². The molecule has 0 spiro atoms. The van der Waals surface area contributed by atoms with Gasteiger partial charge in [-0.1, -0.05) is 6.08 Å². The third kappa shape index (κ3) is 4.62. The van der Waals surface area contributed by atoms with E-state index in [1.807, 2.05) is 0 Å². The minimum atomic E-state index is -2.98. The number of halogens is 6. The van der Waals surface area contributed by atoms with Crippen molar-refractivity contribution in [3.63, 3.8) is 0 Å². The predicted molar refractivity (Wildman–Crippen MR) is 60.4 cm³/mol. The van der Waals surface area contributed by atoms with Crippen molar-refractivity contribution in [1.29, 1.82) is 0 Å². The SMILES string of the molecule is CC=C([Si](Cl)(Cl)Cl)[Si](Cl)(Cl)Cl. The summed E-state index contributed by atoms with van der Waals surface area (Å²) in [4.78, 5) is 0.403. The van der Waals surface area contributed by atoms with Crippen LogP contribution in [0, 0.1) is 0 Å². The average Bonchev–Trinajstić information content (AvgIpc) is 1.56. The van der Waals surface area contributed by atoms with E-state index < -0.39 is 12.0 Å². The first kappa shape index (κ1) is 12.9. The molecule has 0 aliphatic rings. The molecule has 0 aromatic heterocycles. The lowest BCUT2D eigenvalue weighted by Gasteiger charge is -2.17. The van der Waals surface area contributed by atoms with E-state index in [1.165, 1.54) is 0 Å². The van der Waals surface area contributed by atoms with E-state index >= 15 is 0 Å². The van der Waals surface area contributed by atoms with Gasteiger partial charge in [-0.05, 0) is 11.7 Å². The van der Waals surface area contributed by atoms with Gasteiger partial charge in [-0.3, -0.25) is 0 Å². The van der Waals surface area contributed by atoms with Gasteiger partial charge in [0.1, 0.15) is 0 Å². The minimum absolute atomic E-state index is 0.403. The van der Waals surface area contributed by atoms with Gasteiger partial charge >= 0.3 is 12.0 Å². The Balaban J connectivity index is 4.74. The van der Waals surface area contributed by atoms with Crippen molar-refractivity contribution in [2.24, 2.45) is 0 Å². The molecular formula is C3H4Cl6Si2. The molecule has 0 N–H and O–H groups in total. The Labute approximate surface area is 95.6 Å². The minimum Gasteiger partial charge on any atom is -0.121 e. The monoisotopic (exact) mass is 306 g/mol. The molecule has 0 bridgehead atoms. The molecule has 11 heavy (non-hydrogen) atoms. The summed E-state index contributed by atoms with van der Waals surface area (Å²) in [6.45, 7) is 1.69. The molecular weight excluding hydrogens is 305 g/mol. The third-order valence-electron chi connectivity index (χ3n) is 0.899. The van der Waals surface area contributed by atoms with E-state index in [9.17, 15) is 0 Å². The molecule has 0 aromatic rings. The van der Waals surface area contributed by atoms with Crippen LogP contribution >= 0.6 is 66.5 Å². The fraction of sp³-hybridized carbons (Fsp3) is 0.333. The van der Waals surface area contributed by atoms with Crippen LogP contribution in [0.3, 0.4) is 0 Å². The van der Waals surface area contributed by atoms with Crippen molar-refractivity contribution in [2.45, 2.75) is 6.92 Å². The van der Waals surface area contributed by atoms with Gasteiger partial charge in [0.25, 0.3) is 0 Å². The summed E-state index contributed by atoms with van der Waals surface area (Å²) in [7, 11) is 0. The van der Waals surface area contributed by atoms with Crippen molar-refractivity contribution in [3.8, 4) is 0 Å². The molecule has 0 nitrogen and oxygen atoms in total. The molecule has 0 fully saturated rings. The maximum atomic E-state index is 5.67. The highest BCUT2D eigenvalue weighted by atomic mass is 35.8. The fourth-order valence-corrected chi connectivity index (χ4v) is 16.0. The fourth-order valence-electron chi connectivity index (χ4n) is 0.488. The first-order chi connectivity index (χ1) is 4.69. The summed E-state index contributed by atoms with van der Waals surface area (Å²) in [5.41, 5.74) is 0. The van der Waals surface area contributed by atoms with Gasteiger partial charge in [0.15, 0.2) is 0 Å². The first-order valence-corrected chi connectivity index (χ1v) is 12.6. The second kappa shape index (κ2) is 4.42. The summed E-state index contributed by atoms with van der Waals surface area (Å²) < 4.78 is 0. The largest absolute Gasteiger partial charge is 0.368 e. The highest BCUT2D eigenvalue weighted by Crippen LogP contribution is 2.40. The van der Waals surface area contributed by atoms with Crippen LogP contribution in [-0.4, -0.2) is 12.0 Å². The van der Waals surface area contributed by atoms with Crippen LogP contribution < -0.4 is 0 Å². The van der Waals surface area contributed by atoms with E-state index in [4.69, 9.17) is 66.5 Å². The zero-order chi connectivity index (χ0) is 9.28. The van der Waals surface area contributed by atoms with Crippen molar-refractivity contribution in [2.75, 3.05) is 0 Å². The van der Waals surface area contributed by atoms with Crippen LogP contribution in [0.2, 0.25) is 0 Å². The molecule has 0 radical (unpaired) electrons. The molecule has 0 aliphatic heterocycles. The molecule has 66 valence electrons. The Morgan fingerprint density at radius 2 is 1.18 bits per heavy atom. The summed E-state index contributed by atoms with van der Waals surface area (Å²) in [6, 6.07) is -5.96. The molecule has 0 aromatic carbocycles. The van der Waals surface area contributed by atoms with Crippen LogP contribution in [0.25, 0.3) is 0 Å². The van der Waals surface area contributed by atoms with Gasteiger partial charge in [-0.2, -0.15) is 0 Å². The van der Waals surface area contributed by atoms with E-state index in [1.54, 1.807) is 13.0 Å². The van der Waals surface area contributed by atoms with E-state index in [-0.39, 0.29) is 0 Å². The molecule has 0 atom stereocenters. The maximum absolute atomic E-state index is 5.67. The van der Waals surface area contributed by atoms with Gasteiger partial charge < -0.3 is 0 Å². The van der Waals surface area contributed by atoms with Crippen molar-refractivity contribution in [1.82, 2.24) is 0 Å². The zero-order valence-corrected chi connectivity index (χ0v) is 11.9. The Morgan fingerprint density at radius 1 is 0.909 bits per heavy atom. The molecule has 8 heteroatoms. The normalized spacial score (nSPS) is 13.0. The lowest BCUT2D eigenvalue weighted by atomic mass is 10.8. The maximum Gasteiger partial charge on any atom is 0.368 e. The number of hydrogen-bond donors (Lipinski definition) is 0. The van der Waals surface area contributed by atoms with Gasteiger partial charge in [0, 0.05) is 0 Å². The van der Waals surface area contributed by atoms with Crippen LogP contribution in [0.15, 0.2) is 10.9 Å². The molecule has 0 aliphatic carbocycles. The standard InChI is InChI=1S/C3H4Cl6Si2/c1-2-3(10(4,5)6)11(7,8)9/h2H,1H3. The zero-order valence-electron chi connectivity index (χ0n) is 5.35. The predicted octanol–water partition coefficient (Wildman–Crippen LogP) is 4.32. The quantitative estimate of drug-likeness (QED) is 0.526. The Kier molecular flexibility index (Phi) is 5.19. The average molecular weight is 309 g/mol. The molecule has 0 amide bonds. The van der Waals surface area contributed by atoms with Crippen LogP contribution in [0.1, 0.15) is 6.92 Å². The highest BCUT2D eigenvalue weighted by Gasteiger charge is 2.45. The van der Waals surface area contributed by atoms with Gasteiger partial charge in [0.2, 0.25) is 0 Å². The van der Waals surface area contributed by atoms with Crippen LogP contribution in [0.4, 0.5) is 0 Å². The lowest BCUT2D eigenvalue weighted by molar-refractivity contribution is 1.75. The van der Waals surface area contributed by atoms with Crippen molar-refractivity contribution >= 4 is 78.5 Å². The molecule has 0 rings (SSSR count). The molecule has 0 saturated heterocycles. The second-order valence-electron chi connectivity index (χ2n) is 1.70. The highest BCUT2D eigenvalue weighted by molar-refractivity contribution is 7.79. The van der Waals surface area contributed by atoms with Crippen LogP contribution in [-0.2, 0) is 0 Å². The lowest BCUT2D eigenvalue weighted by Crippen LogP contribution is -2.29. The summed E-state index contributed by atoms with van der Waals surface area (Å²) in [5, 5.41) is 0. The van der Waals surface area contributed by atoms with Gasteiger partial charge in [-0.25, -0.2) is 0 Å². The summed E-state index contributed by atoms with van der Waals surface area (Å²) in [5.74, 6) is 0. The topological polar surface area (TPSA) is 0 Å². The number of hydrogen-bond acceptors (Lipinski definition) is 0. The molecule has 0 heterocycles. The molecule has 0 saturated carbocycles. The third-order valence-corrected chi connectivity index (χ3v) is 11.5. The van der Waals surface area contributed by atoms with Gasteiger partial charge in [-0.15, -0.1) is 66.5 Å². The van der Waals surface area contributed by atoms with Crippen LogP contribution in [0.5, 0.6) is 0 Å². The van der Waals surface area contributed by atoms with E-state index in [0.717, 1.165) is 0 Å². The number of allylic oxidation sites excluding steroid dienone is 1. The summed E-state index contributed by atoms with van der Waals surface area (Å²) >= 11 is 34.0. The van der Waals surface area contributed by atoms with E-state index in [2.05, 4.69) is 0 Å². The molecule has 0 unspecified atom stereocenters. The van der Waals surface area contributed by atoms with Crippen molar-refractivity contribution < 1.29 is 0 Å². The Hall–Kier alpha value is 1.91. The smallest absolute Gasteiger partial charge is 0.121 e.